The van der Waals surface area contributed by atoms with Gasteiger partial charge in [-0.05, 0) is 70.4 Å². The molecule has 2 aromatic rings. The Morgan fingerprint density at radius 1 is 0.897 bits per heavy atom. The summed E-state index contributed by atoms with van der Waals surface area (Å²) >= 11 is 0. The molecule has 29 heavy (non-hydrogen) atoms. The molecule has 0 fully saturated rings. The molecule has 0 N–H and O–H groups in total. The van der Waals surface area contributed by atoms with Gasteiger partial charge in [0, 0.05) is 16.9 Å². The van der Waals surface area contributed by atoms with Gasteiger partial charge in [-0.3, -0.25) is 4.79 Å². The zero-order valence-electron chi connectivity index (χ0n) is 18.7. The average molecular weight is 415 g/mol. The zero-order chi connectivity index (χ0) is 21.4. The van der Waals surface area contributed by atoms with Gasteiger partial charge in [-0.2, -0.15) is 0 Å². The molecule has 1 unspecified atom stereocenters. The van der Waals surface area contributed by atoms with E-state index in [1.165, 1.54) is 0 Å². The van der Waals surface area contributed by atoms with Crippen LogP contribution in [0, 0.1) is 25.7 Å². The molecular formula is C25H35O3P. The third-order valence-corrected chi connectivity index (χ3v) is 5.99. The maximum Gasteiger partial charge on any atom is 0.186 e. The van der Waals surface area contributed by atoms with Crippen LogP contribution >= 0.6 is 8.58 Å². The van der Waals surface area contributed by atoms with E-state index in [2.05, 4.69) is 27.7 Å². The predicted molar refractivity (Wildman–Crippen MR) is 125 cm³/mol. The van der Waals surface area contributed by atoms with Crippen LogP contribution in [0.25, 0.3) is 0 Å². The number of carbonyl (C=O) groups is 1. The highest BCUT2D eigenvalue weighted by Crippen LogP contribution is 2.30. The summed E-state index contributed by atoms with van der Waals surface area (Å²) in [5.41, 5.74) is 3.04. The Morgan fingerprint density at radius 2 is 1.48 bits per heavy atom. The highest BCUT2D eigenvalue weighted by molar-refractivity contribution is 7.66. The SMILES string of the molecule is Cc1cccc(C)c1C(=O)Pc1ccc(OCCC(C)C)cc1OCCC(C)C. The summed E-state index contributed by atoms with van der Waals surface area (Å²) in [6.45, 7) is 14.1. The van der Waals surface area contributed by atoms with Crippen molar-refractivity contribution in [1.29, 1.82) is 0 Å². The van der Waals surface area contributed by atoms with Crippen LogP contribution in [0.5, 0.6) is 11.5 Å². The summed E-state index contributed by atoms with van der Waals surface area (Å²) in [7, 11) is 0.0283. The lowest BCUT2D eigenvalue weighted by Crippen LogP contribution is -2.11. The Balaban J connectivity index is 2.20. The van der Waals surface area contributed by atoms with Crippen molar-refractivity contribution in [1.82, 2.24) is 0 Å². The van der Waals surface area contributed by atoms with Gasteiger partial charge >= 0.3 is 0 Å². The van der Waals surface area contributed by atoms with Gasteiger partial charge < -0.3 is 9.47 Å². The molecule has 0 aliphatic heterocycles. The van der Waals surface area contributed by atoms with Crippen molar-refractivity contribution < 1.29 is 14.3 Å². The van der Waals surface area contributed by atoms with Gasteiger partial charge in [0.1, 0.15) is 11.5 Å². The Kier molecular flexibility index (Phi) is 9.17. The Morgan fingerprint density at radius 3 is 2.07 bits per heavy atom. The topological polar surface area (TPSA) is 35.5 Å². The van der Waals surface area contributed by atoms with Gasteiger partial charge in [0.25, 0.3) is 0 Å². The summed E-state index contributed by atoms with van der Waals surface area (Å²) in [6, 6.07) is 11.9. The van der Waals surface area contributed by atoms with Crippen LogP contribution in [0.4, 0.5) is 0 Å². The first-order chi connectivity index (χ1) is 13.8. The molecule has 0 radical (unpaired) electrons. The van der Waals surface area contributed by atoms with Crippen LogP contribution in [-0.4, -0.2) is 18.7 Å². The molecule has 4 heteroatoms. The lowest BCUT2D eigenvalue weighted by atomic mass is 10.0. The molecular weight excluding hydrogens is 379 g/mol. The minimum atomic E-state index is 0.0283. The number of aryl methyl sites for hydroxylation is 2. The van der Waals surface area contributed by atoms with Crippen LogP contribution in [0.15, 0.2) is 36.4 Å². The summed E-state index contributed by atoms with van der Waals surface area (Å²) in [5, 5.41) is 0.942. The molecule has 0 bridgehead atoms. The van der Waals surface area contributed by atoms with Crippen molar-refractivity contribution >= 4 is 19.4 Å². The van der Waals surface area contributed by atoms with Crippen molar-refractivity contribution in [3.63, 3.8) is 0 Å². The molecule has 3 nitrogen and oxygen atoms in total. The molecule has 2 aromatic carbocycles. The molecule has 0 aliphatic carbocycles. The van der Waals surface area contributed by atoms with E-state index in [-0.39, 0.29) is 14.1 Å². The maximum absolute atomic E-state index is 13.0. The first-order valence-corrected chi connectivity index (χ1v) is 11.5. The first kappa shape index (κ1) is 23.4. The fourth-order valence-electron chi connectivity index (χ4n) is 2.99. The van der Waals surface area contributed by atoms with Crippen molar-refractivity contribution in [2.45, 2.75) is 54.4 Å². The van der Waals surface area contributed by atoms with Gasteiger partial charge in [0.2, 0.25) is 0 Å². The smallest absolute Gasteiger partial charge is 0.186 e. The molecule has 0 aliphatic rings. The summed E-state index contributed by atoms with van der Waals surface area (Å²) < 4.78 is 12.0. The first-order valence-electron chi connectivity index (χ1n) is 10.5. The fraction of sp³-hybridized carbons (Fsp3) is 0.480. The van der Waals surface area contributed by atoms with Crippen molar-refractivity contribution in [2.24, 2.45) is 11.8 Å². The predicted octanol–water partition coefficient (Wildman–Crippen LogP) is 6.30. The second kappa shape index (κ2) is 11.4. The average Bonchev–Trinajstić information content (AvgIpc) is 2.63. The zero-order valence-corrected chi connectivity index (χ0v) is 19.7. The van der Waals surface area contributed by atoms with E-state index < -0.39 is 0 Å². The Bertz CT molecular complexity index is 791. The van der Waals surface area contributed by atoms with E-state index >= 15 is 0 Å². The van der Waals surface area contributed by atoms with Gasteiger partial charge in [-0.1, -0.05) is 45.9 Å². The van der Waals surface area contributed by atoms with Crippen LogP contribution in [0.3, 0.4) is 0 Å². The molecule has 0 aromatic heterocycles. The quantitative estimate of drug-likeness (QED) is 0.405. The third-order valence-electron chi connectivity index (χ3n) is 4.83. The van der Waals surface area contributed by atoms with E-state index in [9.17, 15) is 4.79 Å². The standard InChI is InChI=1S/C25H35O3P/c1-17(2)12-14-27-21-10-11-23(22(16-21)28-15-13-18(3)4)29-25(26)24-19(5)8-7-9-20(24)6/h7-11,16-18,29H,12-15H2,1-6H3. The Hall–Kier alpha value is -1.86. The van der Waals surface area contributed by atoms with E-state index in [0.717, 1.165) is 46.3 Å². The van der Waals surface area contributed by atoms with E-state index in [4.69, 9.17) is 9.47 Å². The van der Waals surface area contributed by atoms with Crippen LogP contribution in [0.1, 0.15) is 62.0 Å². The second-order valence-corrected chi connectivity index (χ2v) is 9.68. The molecule has 0 saturated heterocycles. The second-order valence-electron chi connectivity index (χ2n) is 8.44. The van der Waals surface area contributed by atoms with Crippen LogP contribution in [0.2, 0.25) is 0 Å². The van der Waals surface area contributed by atoms with Gasteiger partial charge in [0.05, 0.1) is 13.2 Å². The highest BCUT2D eigenvalue weighted by atomic mass is 31.1. The number of carbonyl (C=O) groups excluding carboxylic acids is 1. The minimum Gasteiger partial charge on any atom is -0.493 e. The minimum absolute atomic E-state index is 0.0283. The monoisotopic (exact) mass is 414 g/mol. The fourth-order valence-corrected chi connectivity index (χ4v) is 4.19. The molecule has 0 spiro atoms. The molecule has 0 amide bonds. The lowest BCUT2D eigenvalue weighted by Gasteiger charge is -2.16. The maximum atomic E-state index is 13.0. The normalized spacial score (nSPS) is 11.6. The summed E-state index contributed by atoms with van der Waals surface area (Å²) in [5.74, 6) is 2.75. The highest BCUT2D eigenvalue weighted by Gasteiger charge is 2.16. The number of ether oxygens (including phenoxy) is 2. The number of hydrogen-bond acceptors (Lipinski definition) is 3. The van der Waals surface area contributed by atoms with Gasteiger partial charge in [-0.15, -0.1) is 0 Å². The molecule has 0 heterocycles. The molecule has 2 rings (SSSR count). The molecule has 158 valence electrons. The van der Waals surface area contributed by atoms with E-state index in [1.807, 2.05) is 50.2 Å². The summed E-state index contributed by atoms with van der Waals surface area (Å²) in [6.07, 6.45) is 1.99. The lowest BCUT2D eigenvalue weighted by molar-refractivity contribution is 0.108. The van der Waals surface area contributed by atoms with E-state index in [0.29, 0.717) is 25.0 Å². The largest absolute Gasteiger partial charge is 0.493 e. The van der Waals surface area contributed by atoms with Crippen LogP contribution < -0.4 is 14.8 Å². The Labute approximate surface area is 178 Å². The van der Waals surface area contributed by atoms with Crippen molar-refractivity contribution in [3.8, 4) is 11.5 Å². The molecule has 1 atom stereocenters. The summed E-state index contributed by atoms with van der Waals surface area (Å²) in [4.78, 5) is 13.0. The number of benzene rings is 2. The third kappa shape index (κ3) is 7.48. The van der Waals surface area contributed by atoms with Crippen LogP contribution in [-0.2, 0) is 0 Å². The molecule has 0 saturated carbocycles. The van der Waals surface area contributed by atoms with Crippen molar-refractivity contribution in [2.75, 3.05) is 13.2 Å². The van der Waals surface area contributed by atoms with E-state index in [1.54, 1.807) is 0 Å². The number of rotatable bonds is 11. The van der Waals surface area contributed by atoms with Gasteiger partial charge in [-0.25, -0.2) is 0 Å². The van der Waals surface area contributed by atoms with Gasteiger partial charge in [0.15, 0.2) is 5.52 Å². The van der Waals surface area contributed by atoms with Crippen molar-refractivity contribution in [3.05, 3.63) is 53.1 Å². The number of hydrogen-bond donors (Lipinski definition) is 0.